The zero-order valence-corrected chi connectivity index (χ0v) is 11.4. The van der Waals surface area contributed by atoms with Crippen LogP contribution in [0.25, 0.3) is 23.0 Å². The van der Waals surface area contributed by atoms with E-state index >= 15 is 0 Å². The Kier molecular flexibility index (Phi) is 3.02. The summed E-state index contributed by atoms with van der Waals surface area (Å²) in [6.45, 7) is 1.88. The average Bonchev–Trinajstić information content (AvgIpc) is 3.05. The van der Waals surface area contributed by atoms with Crippen LogP contribution in [0.15, 0.2) is 34.9 Å². The molecule has 0 aliphatic carbocycles. The number of aromatic nitrogens is 4. The van der Waals surface area contributed by atoms with Crippen LogP contribution in [0.3, 0.4) is 0 Å². The summed E-state index contributed by atoms with van der Waals surface area (Å²) in [6.07, 6.45) is 0. The van der Waals surface area contributed by atoms with Gasteiger partial charge in [0, 0.05) is 12.6 Å². The third-order valence-electron chi connectivity index (χ3n) is 3.04. The van der Waals surface area contributed by atoms with E-state index in [-0.39, 0.29) is 5.56 Å². The molecule has 2 aromatic heterocycles. The predicted octanol–water partition coefficient (Wildman–Crippen LogP) is 2.14. The second kappa shape index (κ2) is 4.86. The molecular weight excluding hydrogens is 272 g/mol. The third kappa shape index (κ3) is 2.40. The Morgan fingerprint density at radius 1 is 1.29 bits per heavy atom. The molecule has 0 spiro atoms. The van der Waals surface area contributed by atoms with Gasteiger partial charge in [0.15, 0.2) is 0 Å². The number of hydrogen-bond donors (Lipinski definition) is 1. The van der Waals surface area contributed by atoms with E-state index in [0.717, 1.165) is 11.4 Å². The van der Waals surface area contributed by atoms with E-state index in [4.69, 9.17) is 9.63 Å². The van der Waals surface area contributed by atoms with Crippen molar-refractivity contribution in [1.29, 1.82) is 0 Å². The van der Waals surface area contributed by atoms with Gasteiger partial charge >= 0.3 is 5.97 Å². The van der Waals surface area contributed by atoms with Crippen molar-refractivity contribution in [3.8, 4) is 23.0 Å². The van der Waals surface area contributed by atoms with E-state index in [2.05, 4.69) is 15.2 Å². The topological polar surface area (TPSA) is 94.0 Å². The zero-order chi connectivity index (χ0) is 15.0. The maximum Gasteiger partial charge on any atom is 0.335 e. The van der Waals surface area contributed by atoms with Gasteiger partial charge in [0.1, 0.15) is 5.69 Å². The Balaban J connectivity index is 1.94. The van der Waals surface area contributed by atoms with Gasteiger partial charge in [-0.15, -0.1) is 0 Å². The molecule has 21 heavy (non-hydrogen) atoms. The molecule has 2 heterocycles. The van der Waals surface area contributed by atoms with Crippen molar-refractivity contribution in [2.45, 2.75) is 6.92 Å². The maximum atomic E-state index is 10.8. The molecule has 1 N–H and O–H groups in total. The SMILES string of the molecule is Cc1cc(-c2nc(-c3ccc(C(=O)O)cc3)no2)n(C)n1. The lowest BCUT2D eigenvalue weighted by Crippen LogP contribution is -1.95. The van der Waals surface area contributed by atoms with Crippen molar-refractivity contribution in [3.63, 3.8) is 0 Å². The molecule has 1 aromatic carbocycles. The van der Waals surface area contributed by atoms with Gasteiger partial charge in [-0.3, -0.25) is 4.68 Å². The fourth-order valence-electron chi connectivity index (χ4n) is 2.02. The fraction of sp³-hybridized carbons (Fsp3) is 0.143. The minimum absolute atomic E-state index is 0.213. The molecular formula is C14H12N4O3. The van der Waals surface area contributed by atoms with Crippen LogP contribution < -0.4 is 0 Å². The molecule has 0 bridgehead atoms. The summed E-state index contributed by atoms with van der Waals surface area (Å²) in [5, 5.41) is 17.0. The normalized spacial score (nSPS) is 10.8. The molecule has 7 nitrogen and oxygen atoms in total. The number of carboxylic acids is 1. The zero-order valence-electron chi connectivity index (χ0n) is 11.4. The summed E-state index contributed by atoms with van der Waals surface area (Å²) < 4.78 is 6.91. The van der Waals surface area contributed by atoms with Crippen LogP contribution >= 0.6 is 0 Å². The Morgan fingerprint density at radius 2 is 2.00 bits per heavy atom. The van der Waals surface area contributed by atoms with Gasteiger partial charge < -0.3 is 9.63 Å². The van der Waals surface area contributed by atoms with Crippen molar-refractivity contribution in [1.82, 2.24) is 19.9 Å². The number of benzene rings is 1. The third-order valence-corrected chi connectivity index (χ3v) is 3.04. The van der Waals surface area contributed by atoms with Gasteiger partial charge in [0.2, 0.25) is 5.82 Å². The van der Waals surface area contributed by atoms with Crippen LogP contribution in [-0.2, 0) is 7.05 Å². The van der Waals surface area contributed by atoms with Crippen molar-refractivity contribution < 1.29 is 14.4 Å². The van der Waals surface area contributed by atoms with Gasteiger partial charge in [-0.2, -0.15) is 10.1 Å². The second-order valence-electron chi connectivity index (χ2n) is 4.60. The molecule has 0 amide bonds. The lowest BCUT2D eigenvalue weighted by atomic mass is 10.1. The summed E-state index contributed by atoms with van der Waals surface area (Å²) in [5.41, 5.74) is 2.49. The molecule has 0 aliphatic heterocycles. The van der Waals surface area contributed by atoms with Crippen LogP contribution in [0.5, 0.6) is 0 Å². The number of carbonyl (C=O) groups is 1. The van der Waals surface area contributed by atoms with E-state index in [1.54, 1.807) is 23.9 Å². The fourth-order valence-corrected chi connectivity index (χ4v) is 2.02. The number of carboxylic acid groups (broad SMARTS) is 1. The molecule has 0 atom stereocenters. The molecule has 0 fully saturated rings. The van der Waals surface area contributed by atoms with Crippen molar-refractivity contribution in [3.05, 3.63) is 41.6 Å². The lowest BCUT2D eigenvalue weighted by molar-refractivity contribution is 0.0697. The van der Waals surface area contributed by atoms with Gasteiger partial charge in [0.05, 0.1) is 11.3 Å². The number of aromatic carboxylic acids is 1. The molecule has 0 aliphatic rings. The van der Waals surface area contributed by atoms with Crippen molar-refractivity contribution in [2.75, 3.05) is 0 Å². The van der Waals surface area contributed by atoms with Crippen LogP contribution in [0.1, 0.15) is 16.1 Å². The first-order valence-electron chi connectivity index (χ1n) is 6.23. The lowest BCUT2D eigenvalue weighted by Gasteiger charge is -1.96. The highest BCUT2D eigenvalue weighted by molar-refractivity contribution is 5.88. The first-order chi connectivity index (χ1) is 10.0. The summed E-state index contributed by atoms with van der Waals surface area (Å²) >= 11 is 0. The quantitative estimate of drug-likeness (QED) is 0.791. The first-order valence-corrected chi connectivity index (χ1v) is 6.23. The Hall–Kier alpha value is -2.96. The first kappa shape index (κ1) is 13.0. The van der Waals surface area contributed by atoms with Crippen molar-refractivity contribution >= 4 is 5.97 Å². The minimum atomic E-state index is -0.972. The number of aryl methyl sites for hydroxylation is 2. The van der Waals surface area contributed by atoms with Crippen LogP contribution in [0, 0.1) is 6.92 Å². The van der Waals surface area contributed by atoms with Gasteiger partial charge in [0.25, 0.3) is 5.89 Å². The van der Waals surface area contributed by atoms with Crippen LogP contribution in [0.4, 0.5) is 0 Å². The summed E-state index contributed by atoms with van der Waals surface area (Å²) in [7, 11) is 1.80. The van der Waals surface area contributed by atoms with E-state index in [1.807, 2.05) is 13.0 Å². The largest absolute Gasteiger partial charge is 0.478 e. The number of nitrogens with zero attached hydrogens (tertiary/aromatic N) is 4. The summed E-state index contributed by atoms with van der Waals surface area (Å²) in [4.78, 5) is 15.1. The molecule has 3 aromatic rings. The Morgan fingerprint density at radius 3 is 2.57 bits per heavy atom. The van der Waals surface area contributed by atoms with Gasteiger partial charge in [-0.05, 0) is 25.1 Å². The van der Waals surface area contributed by atoms with Crippen molar-refractivity contribution in [2.24, 2.45) is 7.05 Å². The molecule has 106 valence electrons. The number of hydrogen-bond acceptors (Lipinski definition) is 5. The standard InChI is InChI=1S/C14H12N4O3/c1-8-7-11(18(2)16-8)13-15-12(17-21-13)9-3-5-10(6-4-9)14(19)20/h3-7H,1-2H3,(H,19,20). The van der Waals surface area contributed by atoms with Crippen LogP contribution in [-0.4, -0.2) is 31.0 Å². The second-order valence-corrected chi connectivity index (χ2v) is 4.60. The average molecular weight is 284 g/mol. The minimum Gasteiger partial charge on any atom is -0.478 e. The van der Waals surface area contributed by atoms with E-state index in [1.165, 1.54) is 12.1 Å². The van der Waals surface area contributed by atoms with E-state index in [0.29, 0.717) is 17.3 Å². The smallest absolute Gasteiger partial charge is 0.335 e. The highest BCUT2D eigenvalue weighted by atomic mass is 16.5. The predicted molar refractivity (Wildman–Crippen MR) is 73.6 cm³/mol. The van der Waals surface area contributed by atoms with Crippen LogP contribution in [0.2, 0.25) is 0 Å². The molecule has 0 saturated heterocycles. The van der Waals surface area contributed by atoms with E-state index < -0.39 is 5.97 Å². The Labute approximate surface area is 119 Å². The van der Waals surface area contributed by atoms with Gasteiger partial charge in [-0.1, -0.05) is 17.3 Å². The molecule has 7 heteroatoms. The Bertz CT molecular complexity index is 802. The molecule has 0 saturated carbocycles. The highest BCUT2D eigenvalue weighted by Crippen LogP contribution is 2.22. The molecule has 0 unspecified atom stereocenters. The highest BCUT2D eigenvalue weighted by Gasteiger charge is 2.14. The molecule has 0 radical (unpaired) electrons. The monoisotopic (exact) mass is 284 g/mol. The number of rotatable bonds is 3. The molecule has 3 rings (SSSR count). The maximum absolute atomic E-state index is 10.8. The summed E-state index contributed by atoms with van der Waals surface area (Å²) in [5.74, 6) is -0.197. The van der Waals surface area contributed by atoms with E-state index in [9.17, 15) is 4.79 Å². The van der Waals surface area contributed by atoms with Gasteiger partial charge in [-0.25, -0.2) is 4.79 Å². The summed E-state index contributed by atoms with van der Waals surface area (Å²) in [6, 6.07) is 8.15.